The second-order valence-electron chi connectivity index (χ2n) is 7.82. The average molecular weight is 491 g/mol. The van der Waals surface area contributed by atoms with Crippen LogP contribution in [0.25, 0.3) is 6.08 Å². The Hall–Kier alpha value is -3.38. The molecule has 4 rings (SSSR count). The van der Waals surface area contributed by atoms with Crippen molar-refractivity contribution in [2.75, 3.05) is 0 Å². The number of hydrogen-bond acceptors (Lipinski definition) is 3. The van der Waals surface area contributed by atoms with Crippen LogP contribution in [-0.4, -0.2) is 16.8 Å². The van der Waals surface area contributed by atoms with Gasteiger partial charge in [0.05, 0.1) is 6.54 Å². The van der Waals surface area contributed by atoms with E-state index in [1.165, 1.54) is 4.90 Å². The summed E-state index contributed by atoms with van der Waals surface area (Å²) in [5.74, 6) is 0.265. The van der Waals surface area contributed by atoms with Gasteiger partial charge in [0.2, 0.25) is 0 Å². The molecule has 0 bridgehead atoms. The highest BCUT2D eigenvalue weighted by Crippen LogP contribution is 2.28. The predicted molar refractivity (Wildman–Crippen MR) is 128 cm³/mol. The summed E-state index contributed by atoms with van der Waals surface area (Å²) >= 11 is 3.47. The van der Waals surface area contributed by atoms with Gasteiger partial charge >= 0.3 is 6.03 Å². The number of rotatable bonds is 6. The fourth-order valence-corrected chi connectivity index (χ4v) is 3.85. The quantitative estimate of drug-likeness (QED) is 0.354. The molecule has 1 heterocycles. The van der Waals surface area contributed by atoms with Gasteiger partial charge < -0.3 is 10.1 Å². The van der Waals surface area contributed by atoms with Crippen LogP contribution in [0.1, 0.15) is 27.8 Å². The highest BCUT2D eigenvalue weighted by molar-refractivity contribution is 9.10. The average Bonchev–Trinajstić information content (AvgIpc) is 3.02. The largest absolute Gasteiger partial charge is 0.488 e. The van der Waals surface area contributed by atoms with Crippen molar-refractivity contribution >= 4 is 33.9 Å². The van der Waals surface area contributed by atoms with E-state index in [1.807, 2.05) is 74.5 Å². The number of nitrogens with zero attached hydrogens (tertiary/aromatic N) is 1. The summed E-state index contributed by atoms with van der Waals surface area (Å²) in [4.78, 5) is 26.6. The van der Waals surface area contributed by atoms with Crippen molar-refractivity contribution in [1.82, 2.24) is 10.2 Å². The Balaban J connectivity index is 1.55. The number of aryl methyl sites for hydroxylation is 2. The number of hydrogen-bond donors (Lipinski definition) is 1. The molecule has 3 amide bonds. The number of nitrogens with one attached hydrogen (secondary N) is 1. The van der Waals surface area contributed by atoms with Gasteiger partial charge in [0.15, 0.2) is 0 Å². The molecule has 1 aliphatic heterocycles. The molecule has 1 aliphatic rings. The van der Waals surface area contributed by atoms with Crippen LogP contribution >= 0.6 is 15.9 Å². The van der Waals surface area contributed by atoms with Gasteiger partial charge in [0, 0.05) is 10.0 Å². The van der Waals surface area contributed by atoms with E-state index >= 15 is 0 Å². The molecule has 0 saturated carbocycles. The molecule has 0 aliphatic carbocycles. The van der Waals surface area contributed by atoms with Crippen LogP contribution in [-0.2, 0) is 17.9 Å². The van der Waals surface area contributed by atoms with Crippen molar-refractivity contribution in [3.05, 3.63) is 105 Å². The second kappa shape index (κ2) is 9.40. The Kier molecular flexibility index (Phi) is 6.42. The Morgan fingerprint density at radius 2 is 1.72 bits per heavy atom. The molecule has 0 radical (unpaired) electrons. The summed E-state index contributed by atoms with van der Waals surface area (Å²) < 4.78 is 6.88. The van der Waals surface area contributed by atoms with E-state index in [2.05, 4.69) is 27.3 Å². The van der Waals surface area contributed by atoms with Gasteiger partial charge in [-0.1, -0.05) is 75.6 Å². The molecule has 0 unspecified atom stereocenters. The molecule has 3 aromatic carbocycles. The Labute approximate surface area is 195 Å². The lowest BCUT2D eigenvalue weighted by Gasteiger charge is -2.12. The molecule has 1 saturated heterocycles. The maximum Gasteiger partial charge on any atom is 0.329 e. The number of carbonyl (C=O) groups excluding carboxylic acids is 2. The number of amides is 3. The SMILES string of the molecule is Cc1ccc(CN2C(=O)N/C(=C/c3cc(Br)ccc3OCc3cccc(C)c3)C2=O)cc1. The molecule has 3 aromatic rings. The Bertz CT molecular complexity index is 1200. The third kappa shape index (κ3) is 5.08. The van der Waals surface area contributed by atoms with E-state index in [9.17, 15) is 9.59 Å². The minimum absolute atomic E-state index is 0.220. The van der Waals surface area contributed by atoms with E-state index in [0.29, 0.717) is 17.9 Å². The van der Waals surface area contributed by atoms with E-state index in [-0.39, 0.29) is 18.1 Å². The predicted octanol–water partition coefficient (Wildman–Crippen LogP) is 5.74. The van der Waals surface area contributed by atoms with Crippen LogP contribution in [0.4, 0.5) is 4.79 Å². The highest BCUT2D eigenvalue weighted by Gasteiger charge is 2.33. The first-order chi connectivity index (χ1) is 15.4. The molecular formula is C26H23BrN2O3. The molecule has 0 aromatic heterocycles. The van der Waals surface area contributed by atoms with Crippen molar-refractivity contribution in [3.63, 3.8) is 0 Å². The first-order valence-corrected chi connectivity index (χ1v) is 11.1. The molecule has 0 atom stereocenters. The van der Waals surface area contributed by atoms with Crippen LogP contribution in [0.15, 0.2) is 76.9 Å². The molecular weight excluding hydrogens is 468 g/mol. The van der Waals surface area contributed by atoms with Crippen molar-refractivity contribution in [2.24, 2.45) is 0 Å². The fourth-order valence-electron chi connectivity index (χ4n) is 3.47. The number of benzene rings is 3. The lowest BCUT2D eigenvalue weighted by Crippen LogP contribution is -2.30. The molecule has 162 valence electrons. The summed E-state index contributed by atoms with van der Waals surface area (Å²) in [7, 11) is 0. The zero-order valence-electron chi connectivity index (χ0n) is 17.9. The highest BCUT2D eigenvalue weighted by atomic mass is 79.9. The third-order valence-corrected chi connectivity index (χ3v) is 5.67. The van der Waals surface area contributed by atoms with Gasteiger partial charge in [-0.2, -0.15) is 0 Å². The Morgan fingerprint density at radius 3 is 2.47 bits per heavy atom. The fraction of sp³-hybridized carbons (Fsp3) is 0.154. The van der Waals surface area contributed by atoms with Crippen LogP contribution in [0.3, 0.4) is 0 Å². The van der Waals surface area contributed by atoms with Crippen molar-refractivity contribution in [2.45, 2.75) is 27.0 Å². The van der Waals surface area contributed by atoms with E-state index in [0.717, 1.165) is 26.7 Å². The Morgan fingerprint density at radius 1 is 0.938 bits per heavy atom. The van der Waals surface area contributed by atoms with Gasteiger partial charge in [-0.15, -0.1) is 0 Å². The first-order valence-electron chi connectivity index (χ1n) is 10.3. The lowest BCUT2D eigenvalue weighted by molar-refractivity contribution is -0.123. The number of urea groups is 1. The number of ether oxygens (including phenoxy) is 1. The third-order valence-electron chi connectivity index (χ3n) is 5.17. The van der Waals surface area contributed by atoms with E-state index in [1.54, 1.807) is 6.08 Å². The molecule has 1 fully saturated rings. The smallest absolute Gasteiger partial charge is 0.329 e. The standard InChI is InChI=1S/C26H23BrN2O3/c1-17-6-8-19(9-7-17)15-29-25(30)23(28-26(29)31)14-21-13-22(27)10-11-24(21)32-16-20-5-3-4-18(2)12-20/h3-14H,15-16H2,1-2H3,(H,28,31)/b23-14+. The summed E-state index contributed by atoms with van der Waals surface area (Å²) in [5, 5.41) is 2.69. The monoisotopic (exact) mass is 490 g/mol. The summed E-state index contributed by atoms with van der Waals surface area (Å²) in [6.07, 6.45) is 1.66. The van der Waals surface area contributed by atoms with E-state index < -0.39 is 6.03 Å². The molecule has 6 heteroatoms. The maximum absolute atomic E-state index is 12.9. The maximum atomic E-state index is 12.9. The van der Waals surface area contributed by atoms with Crippen LogP contribution in [0.5, 0.6) is 5.75 Å². The zero-order chi connectivity index (χ0) is 22.7. The summed E-state index contributed by atoms with van der Waals surface area (Å²) in [6.45, 7) is 4.65. The molecule has 5 nitrogen and oxygen atoms in total. The van der Waals surface area contributed by atoms with Crippen LogP contribution in [0, 0.1) is 13.8 Å². The van der Waals surface area contributed by atoms with Crippen molar-refractivity contribution < 1.29 is 14.3 Å². The number of imide groups is 1. The first kappa shape index (κ1) is 21.8. The van der Waals surface area contributed by atoms with Gasteiger partial charge in [-0.3, -0.25) is 9.69 Å². The minimum atomic E-state index is -0.431. The molecule has 32 heavy (non-hydrogen) atoms. The minimum Gasteiger partial charge on any atom is -0.488 e. The second-order valence-corrected chi connectivity index (χ2v) is 8.74. The van der Waals surface area contributed by atoms with E-state index in [4.69, 9.17) is 4.74 Å². The van der Waals surface area contributed by atoms with Crippen molar-refractivity contribution in [3.8, 4) is 5.75 Å². The van der Waals surface area contributed by atoms with Crippen molar-refractivity contribution in [1.29, 1.82) is 0 Å². The van der Waals surface area contributed by atoms with Gasteiger partial charge in [0.1, 0.15) is 18.1 Å². The summed E-state index contributed by atoms with van der Waals surface area (Å²) in [5.41, 5.74) is 5.16. The van der Waals surface area contributed by atoms with Gasteiger partial charge in [0.25, 0.3) is 5.91 Å². The lowest BCUT2D eigenvalue weighted by atomic mass is 10.1. The topological polar surface area (TPSA) is 58.6 Å². The molecule has 1 N–H and O–H groups in total. The van der Waals surface area contributed by atoms with Crippen LogP contribution in [0.2, 0.25) is 0 Å². The zero-order valence-corrected chi connectivity index (χ0v) is 19.5. The normalized spacial score (nSPS) is 14.7. The number of carbonyl (C=O) groups is 2. The summed E-state index contributed by atoms with van der Waals surface area (Å²) in [6, 6.07) is 21.0. The number of halogens is 1. The van der Waals surface area contributed by atoms with Gasteiger partial charge in [-0.25, -0.2) is 4.79 Å². The van der Waals surface area contributed by atoms with Crippen LogP contribution < -0.4 is 10.1 Å². The molecule has 0 spiro atoms. The van der Waals surface area contributed by atoms with Gasteiger partial charge in [-0.05, 0) is 49.2 Å².